The molecular weight excluding hydrogens is 709 g/mol. The highest BCUT2D eigenvalue weighted by Gasteiger charge is 2.18. The molecule has 0 amide bonds. The van der Waals surface area contributed by atoms with Crippen LogP contribution in [0.2, 0.25) is 0 Å². The molecule has 3 heterocycles. The lowest BCUT2D eigenvalue weighted by Gasteiger charge is -2.11. The largest absolute Gasteiger partial charge is 0.309 e. The molecule has 3 heteroatoms. The number of rotatable bonds is 5. The third-order valence-electron chi connectivity index (χ3n) is 9.80. The molecule has 9 aromatic carbocycles. The molecule has 0 unspecified atom stereocenters. The van der Waals surface area contributed by atoms with E-state index >= 15 is 0 Å². The Morgan fingerprint density at radius 3 is 1.70 bits per heavy atom. The van der Waals surface area contributed by atoms with Gasteiger partial charge in [-0.2, -0.15) is 0 Å². The van der Waals surface area contributed by atoms with Crippen molar-refractivity contribution >= 4 is 75.1 Å². The molecule has 0 atom stereocenters. The number of fused-ring (bicyclic) bond motifs is 9. The second-order valence-electron chi connectivity index (χ2n) is 13.0. The summed E-state index contributed by atoms with van der Waals surface area (Å²) in [5.41, 5.74) is -2.59. The Kier molecular flexibility index (Phi) is 3.58. The van der Waals surface area contributed by atoms with Gasteiger partial charge >= 0.3 is 0 Å². The lowest BCUT2D eigenvalue weighted by atomic mass is 10.0. The molecule has 0 fully saturated rings. The molecule has 0 radical (unpaired) electrons. The number of benzene rings is 9. The maximum absolute atomic E-state index is 10.0. The summed E-state index contributed by atoms with van der Waals surface area (Å²) in [4.78, 5) is 0. The predicted molar refractivity (Wildman–Crippen MR) is 244 cm³/mol. The summed E-state index contributed by atoms with van der Waals surface area (Å²) in [5.74, 6) is 0. The van der Waals surface area contributed by atoms with Crippen molar-refractivity contribution in [2.24, 2.45) is 0 Å². The Balaban J connectivity index is 1.21. The zero-order valence-electron chi connectivity index (χ0n) is 54.0. The number of hydrogen-bond acceptors (Lipinski definition) is 1. The smallest absolute Gasteiger partial charge is 0.0660 e. The van der Waals surface area contributed by atoms with Gasteiger partial charge in [0.2, 0.25) is 0 Å². The summed E-state index contributed by atoms with van der Waals surface area (Å²) in [6.45, 7) is 0. The highest BCUT2D eigenvalue weighted by atomic mass is 32.1. The fraction of sp³-hybridized carbons (Fsp3) is 0. The van der Waals surface area contributed by atoms with Crippen molar-refractivity contribution in [2.45, 2.75) is 0 Å². The average molecular weight is 768 g/mol. The number of thiophene rings is 1. The van der Waals surface area contributed by atoms with Crippen molar-refractivity contribution in [1.82, 2.24) is 9.13 Å². The molecule has 12 rings (SSSR count). The van der Waals surface area contributed by atoms with Crippen LogP contribution >= 0.6 is 11.3 Å². The standard InChI is InChI=1S/C54H34N2S/c1-3-13-35(14-4-1)37-17-11-18-40(31-37)55-49-23-9-7-19-43(49)47-32-38(25-29-51(47)55)39-26-30-52-48(33-39)44-20-8-10-24-50(44)56(52)41-27-28-45-46-22-12-21-42(36-15-5-2-6-16-36)54(46)57-53(45)34-41/h1-34H/i2D,5D,6D,7D,8D,9D,10D,12D,15D,16D,19D,20D,21D,22D,23D,24D,25D,26D,27D,28D,29D,30D,32D,33D,34D. The zero-order valence-corrected chi connectivity index (χ0v) is 29.8. The molecule has 0 spiro atoms. The normalized spacial score (nSPS) is 18.0. The fourth-order valence-corrected chi connectivity index (χ4v) is 8.40. The molecule has 0 aliphatic rings. The van der Waals surface area contributed by atoms with Crippen LogP contribution in [0.5, 0.6) is 0 Å². The second kappa shape index (κ2) is 12.7. The average Bonchev–Trinajstić information content (AvgIpc) is 1.76. The van der Waals surface area contributed by atoms with Gasteiger partial charge in [-0.1, -0.05) is 145 Å². The third-order valence-corrected chi connectivity index (χ3v) is 10.9. The lowest BCUT2D eigenvalue weighted by Crippen LogP contribution is -1.94. The second-order valence-corrected chi connectivity index (χ2v) is 14.0. The Morgan fingerprint density at radius 1 is 0.368 bits per heavy atom. The highest BCUT2D eigenvalue weighted by molar-refractivity contribution is 7.26. The van der Waals surface area contributed by atoms with Crippen molar-refractivity contribution in [1.29, 1.82) is 0 Å². The first-order chi connectivity index (χ1) is 38.7. The van der Waals surface area contributed by atoms with Gasteiger partial charge in [0.1, 0.15) is 0 Å². The van der Waals surface area contributed by atoms with Gasteiger partial charge in [0.05, 0.1) is 56.3 Å². The molecule has 0 saturated heterocycles. The summed E-state index contributed by atoms with van der Waals surface area (Å²) >= 11 is 0.614. The van der Waals surface area contributed by atoms with Gasteiger partial charge in [-0.3, -0.25) is 0 Å². The minimum atomic E-state index is -0.918. The van der Waals surface area contributed by atoms with E-state index in [2.05, 4.69) is 0 Å². The molecule has 2 nitrogen and oxygen atoms in total. The topological polar surface area (TPSA) is 9.86 Å². The van der Waals surface area contributed by atoms with E-state index in [1.807, 2.05) is 30.3 Å². The summed E-state index contributed by atoms with van der Waals surface area (Å²) in [6, 6.07) is -2.92. The Bertz CT molecular complexity index is 4960. The minimum Gasteiger partial charge on any atom is -0.309 e. The summed E-state index contributed by atoms with van der Waals surface area (Å²) in [7, 11) is 0. The molecule has 57 heavy (non-hydrogen) atoms. The third kappa shape index (κ3) is 5.03. The Hall–Kier alpha value is -7.20. The van der Waals surface area contributed by atoms with Crippen LogP contribution in [0.1, 0.15) is 34.3 Å². The lowest BCUT2D eigenvalue weighted by molar-refractivity contribution is 1.18. The molecular formula is C54H34N2S. The predicted octanol–water partition coefficient (Wildman–Crippen LogP) is 15.2. The molecule has 0 bridgehead atoms. The van der Waals surface area contributed by atoms with Gasteiger partial charge in [0, 0.05) is 53.1 Å². The first-order valence-corrected chi connectivity index (χ1v) is 18.3. The van der Waals surface area contributed by atoms with Crippen LogP contribution < -0.4 is 0 Å². The quantitative estimate of drug-likeness (QED) is 0.165. The van der Waals surface area contributed by atoms with Gasteiger partial charge < -0.3 is 9.13 Å². The number of nitrogens with zero attached hydrogens (tertiary/aromatic N) is 2. The number of aromatic nitrogens is 2. The highest BCUT2D eigenvalue weighted by Crippen LogP contribution is 2.43. The SMILES string of the molecule is [2H]c1c([2H])c([2H])c(-c2c([2H])c([2H])c([2H])c3c2sc2c([2H])c(-n4c5c([2H])c([2H])c([2H])c([2H])c5c5c([2H])c(-c6c([2H])c([2H])c7c(c6[2H])c6c([2H])c([2H])c([2H])c([2H])c6n7-c6cccc(-c7ccccc7)c6)c([2H])c([2H])c54)c([2H])c([2H])c23)c([2H])c1[2H]. The van der Waals surface area contributed by atoms with Gasteiger partial charge in [-0.15, -0.1) is 11.3 Å². The number of hydrogen-bond donors (Lipinski definition) is 0. The van der Waals surface area contributed by atoms with Crippen molar-refractivity contribution in [2.75, 3.05) is 0 Å². The van der Waals surface area contributed by atoms with E-state index in [1.54, 1.807) is 24.3 Å². The van der Waals surface area contributed by atoms with E-state index in [1.165, 1.54) is 4.57 Å². The van der Waals surface area contributed by atoms with E-state index < -0.39 is 201 Å². The molecule has 3 aromatic heterocycles. The summed E-state index contributed by atoms with van der Waals surface area (Å²) < 4.78 is 231. The van der Waals surface area contributed by atoms with Crippen LogP contribution in [0.4, 0.5) is 0 Å². The first-order valence-electron chi connectivity index (χ1n) is 30.0. The van der Waals surface area contributed by atoms with Crippen LogP contribution in [0, 0.1) is 0 Å². The van der Waals surface area contributed by atoms with Gasteiger partial charge in [-0.05, 0) is 93.9 Å². The van der Waals surface area contributed by atoms with Crippen molar-refractivity contribution < 1.29 is 34.3 Å². The zero-order chi connectivity index (χ0) is 59.2. The maximum atomic E-state index is 10.0. The van der Waals surface area contributed by atoms with E-state index in [-0.39, 0.29) is 47.7 Å². The Labute approximate surface area is 368 Å². The minimum absolute atomic E-state index is 0.163. The van der Waals surface area contributed by atoms with E-state index in [4.69, 9.17) is 16.4 Å². The van der Waals surface area contributed by atoms with E-state index in [0.717, 1.165) is 10.1 Å². The van der Waals surface area contributed by atoms with Crippen molar-refractivity contribution in [3.8, 4) is 44.8 Å². The fourth-order valence-electron chi connectivity index (χ4n) is 7.29. The van der Waals surface area contributed by atoms with E-state index in [9.17, 15) is 17.8 Å². The molecule has 12 aromatic rings. The molecule has 0 N–H and O–H groups in total. The molecule has 0 aliphatic heterocycles. The van der Waals surface area contributed by atoms with Crippen LogP contribution in [0.25, 0.3) is 109 Å². The molecule has 0 aliphatic carbocycles. The van der Waals surface area contributed by atoms with Crippen LogP contribution in [-0.2, 0) is 0 Å². The maximum Gasteiger partial charge on any atom is 0.0660 e. The van der Waals surface area contributed by atoms with Crippen LogP contribution in [0.3, 0.4) is 0 Å². The van der Waals surface area contributed by atoms with E-state index in [0.29, 0.717) is 16.9 Å². The van der Waals surface area contributed by atoms with Crippen molar-refractivity contribution in [3.05, 3.63) is 206 Å². The monoisotopic (exact) mass is 767 g/mol. The van der Waals surface area contributed by atoms with Gasteiger partial charge in [0.15, 0.2) is 0 Å². The molecule has 0 saturated carbocycles. The van der Waals surface area contributed by atoms with Crippen molar-refractivity contribution in [3.63, 3.8) is 0 Å². The van der Waals surface area contributed by atoms with Crippen LogP contribution in [-0.4, -0.2) is 9.13 Å². The summed E-state index contributed by atoms with van der Waals surface area (Å²) in [5, 5.41) is -2.11. The van der Waals surface area contributed by atoms with Gasteiger partial charge in [0.25, 0.3) is 0 Å². The van der Waals surface area contributed by atoms with Crippen LogP contribution in [0.15, 0.2) is 206 Å². The number of para-hydroxylation sites is 2. The van der Waals surface area contributed by atoms with Gasteiger partial charge in [-0.25, -0.2) is 0 Å². The Morgan fingerprint density at radius 2 is 0.982 bits per heavy atom. The summed E-state index contributed by atoms with van der Waals surface area (Å²) in [6.07, 6.45) is 0. The molecule has 266 valence electrons. The first kappa shape index (κ1) is 16.1.